The Morgan fingerprint density at radius 1 is 1.44 bits per heavy atom. The molecule has 16 heavy (non-hydrogen) atoms. The van der Waals surface area contributed by atoms with Gasteiger partial charge in [-0.25, -0.2) is 4.98 Å². The highest BCUT2D eigenvalue weighted by atomic mass is 15.2. The molecule has 0 unspecified atom stereocenters. The van der Waals surface area contributed by atoms with Crippen LogP contribution in [-0.2, 0) is 6.54 Å². The summed E-state index contributed by atoms with van der Waals surface area (Å²) in [5.41, 5.74) is 7.21. The van der Waals surface area contributed by atoms with E-state index in [0.29, 0.717) is 12.1 Å². The monoisotopic (exact) mass is 222 g/mol. The molecule has 2 heterocycles. The largest absolute Gasteiger partial charge is 0.331 e. The molecular weight excluding hydrogens is 200 g/mol. The molecule has 0 spiro atoms. The van der Waals surface area contributed by atoms with Gasteiger partial charge in [0.05, 0.1) is 12.0 Å². The zero-order chi connectivity index (χ0) is 11.5. The van der Waals surface area contributed by atoms with Crippen LogP contribution in [0.5, 0.6) is 0 Å². The average molecular weight is 222 g/mol. The second-order valence-electron chi connectivity index (χ2n) is 5.00. The fraction of sp³-hybridized carbons (Fsp3) is 0.750. The number of hydrogen-bond donors (Lipinski definition) is 1. The Morgan fingerprint density at radius 3 is 2.75 bits per heavy atom. The second-order valence-corrected chi connectivity index (χ2v) is 5.00. The summed E-state index contributed by atoms with van der Waals surface area (Å²) in [4.78, 5) is 6.71. The Morgan fingerprint density at radius 2 is 2.12 bits per heavy atom. The predicted molar refractivity (Wildman–Crippen MR) is 65.1 cm³/mol. The first-order valence-corrected chi connectivity index (χ1v) is 6.15. The molecule has 2 N–H and O–H groups in total. The zero-order valence-electron chi connectivity index (χ0n) is 10.3. The van der Waals surface area contributed by atoms with Gasteiger partial charge in [0.2, 0.25) is 0 Å². The maximum atomic E-state index is 5.90. The Labute approximate surface area is 97.4 Å². The van der Waals surface area contributed by atoms with E-state index >= 15 is 0 Å². The van der Waals surface area contributed by atoms with Crippen LogP contribution in [0.4, 0.5) is 0 Å². The van der Waals surface area contributed by atoms with Gasteiger partial charge in [-0.3, -0.25) is 4.90 Å². The number of aromatic nitrogens is 2. The van der Waals surface area contributed by atoms with Gasteiger partial charge in [0.15, 0.2) is 0 Å². The highest BCUT2D eigenvalue weighted by Crippen LogP contribution is 2.15. The van der Waals surface area contributed by atoms with Crippen molar-refractivity contribution >= 4 is 0 Å². The number of piperidine rings is 1. The third-order valence-electron chi connectivity index (χ3n) is 3.32. The molecule has 0 bridgehead atoms. The minimum Gasteiger partial charge on any atom is -0.331 e. The quantitative estimate of drug-likeness (QED) is 0.840. The molecule has 1 aromatic rings. The number of nitrogens with two attached hydrogens (primary N) is 1. The molecule has 1 fully saturated rings. The van der Waals surface area contributed by atoms with Crippen molar-refractivity contribution < 1.29 is 0 Å². The molecule has 0 aromatic carbocycles. The first-order chi connectivity index (χ1) is 7.66. The lowest BCUT2D eigenvalue weighted by atomic mass is 10.1. The van der Waals surface area contributed by atoms with Crippen molar-refractivity contribution in [3.63, 3.8) is 0 Å². The van der Waals surface area contributed by atoms with E-state index in [1.54, 1.807) is 0 Å². The molecule has 4 heteroatoms. The molecule has 0 aliphatic carbocycles. The third kappa shape index (κ3) is 2.62. The maximum Gasteiger partial charge on any atom is 0.0951 e. The number of rotatable bonds is 3. The highest BCUT2D eigenvalue weighted by Gasteiger charge is 2.17. The lowest BCUT2D eigenvalue weighted by Crippen LogP contribution is -2.39. The van der Waals surface area contributed by atoms with Crippen molar-refractivity contribution in [2.24, 2.45) is 5.73 Å². The van der Waals surface area contributed by atoms with Gasteiger partial charge >= 0.3 is 0 Å². The van der Waals surface area contributed by atoms with Crippen LogP contribution in [0.2, 0.25) is 0 Å². The Bertz CT molecular complexity index is 324. The molecule has 0 saturated carbocycles. The Kier molecular flexibility index (Phi) is 3.61. The van der Waals surface area contributed by atoms with Crippen LogP contribution < -0.4 is 5.73 Å². The van der Waals surface area contributed by atoms with Gasteiger partial charge in [-0.05, 0) is 26.7 Å². The second kappa shape index (κ2) is 4.97. The minimum absolute atomic E-state index is 0.409. The van der Waals surface area contributed by atoms with Crippen LogP contribution in [-0.4, -0.2) is 33.6 Å². The molecule has 1 saturated heterocycles. The Balaban J connectivity index is 1.96. The molecule has 0 radical (unpaired) electrons. The standard InChI is InChI=1S/C12H22N4/c1-10(2)16-9-14-7-12(16)8-15-5-3-11(13)4-6-15/h7,9-11H,3-6,8,13H2,1-2H3. The topological polar surface area (TPSA) is 47.1 Å². The maximum absolute atomic E-state index is 5.90. The van der Waals surface area contributed by atoms with Gasteiger partial charge < -0.3 is 10.3 Å². The summed E-state index contributed by atoms with van der Waals surface area (Å²) < 4.78 is 2.24. The van der Waals surface area contributed by atoms with Gasteiger partial charge in [-0.15, -0.1) is 0 Å². The summed E-state index contributed by atoms with van der Waals surface area (Å²) in [5.74, 6) is 0. The molecule has 1 aliphatic rings. The number of nitrogens with zero attached hydrogens (tertiary/aromatic N) is 3. The Hall–Kier alpha value is -0.870. The van der Waals surface area contributed by atoms with Crippen molar-refractivity contribution in [2.75, 3.05) is 13.1 Å². The van der Waals surface area contributed by atoms with Gasteiger partial charge in [0.1, 0.15) is 0 Å². The van der Waals surface area contributed by atoms with E-state index < -0.39 is 0 Å². The van der Waals surface area contributed by atoms with Crippen molar-refractivity contribution in [2.45, 2.75) is 45.3 Å². The first kappa shape index (κ1) is 11.6. The summed E-state index contributed by atoms with van der Waals surface area (Å²) in [6, 6.07) is 0.899. The van der Waals surface area contributed by atoms with Crippen LogP contribution in [0, 0.1) is 0 Å². The molecule has 0 atom stereocenters. The van der Waals surface area contributed by atoms with E-state index in [2.05, 4.69) is 28.3 Å². The van der Waals surface area contributed by atoms with Crippen molar-refractivity contribution in [3.05, 3.63) is 18.2 Å². The molecule has 4 nitrogen and oxygen atoms in total. The summed E-state index contributed by atoms with van der Waals surface area (Å²) in [6.07, 6.45) is 6.15. The van der Waals surface area contributed by atoms with Gasteiger partial charge in [-0.2, -0.15) is 0 Å². The lowest BCUT2D eigenvalue weighted by Gasteiger charge is -2.30. The number of likely N-dealkylation sites (tertiary alicyclic amines) is 1. The molecule has 1 aliphatic heterocycles. The lowest BCUT2D eigenvalue weighted by molar-refractivity contribution is 0.200. The summed E-state index contributed by atoms with van der Waals surface area (Å²) in [6.45, 7) is 7.62. The predicted octanol–water partition coefficient (Wildman–Crippen LogP) is 1.39. The van der Waals surface area contributed by atoms with E-state index in [1.807, 2.05) is 12.5 Å². The summed E-state index contributed by atoms with van der Waals surface area (Å²) in [5, 5.41) is 0. The zero-order valence-corrected chi connectivity index (χ0v) is 10.3. The first-order valence-electron chi connectivity index (χ1n) is 6.15. The van der Waals surface area contributed by atoms with E-state index in [1.165, 1.54) is 5.69 Å². The van der Waals surface area contributed by atoms with Crippen molar-refractivity contribution in [3.8, 4) is 0 Å². The SMILES string of the molecule is CC(C)n1cncc1CN1CCC(N)CC1. The average Bonchev–Trinajstić information content (AvgIpc) is 2.69. The smallest absolute Gasteiger partial charge is 0.0951 e. The van der Waals surface area contributed by atoms with Crippen molar-refractivity contribution in [1.29, 1.82) is 0 Å². The summed E-state index contributed by atoms with van der Waals surface area (Å²) >= 11 is 0. The van der Waals surface area contributed by atoms with Crippen LogP contribution in [0.25, 0.3) is 0 Å². The highest BCUT2D eigenvalue weighted by molar-refractivity contribution is 5.00. The van der Waals surface area contributed by atoms with E-state index in [4.69, 9.17) is 5.73 Å². The third-order valence-corrected chi connectivity index (χ3v) is 3.32. The van der Waals surface area contributed by atoms with Crippen LogP contribution >= 0.6 is 0 Å². The molecule has 0 amide bonds. The normalized spacial score (nSPS) is 19.5. The molecular formula is C12H22N4. The fourth-order valence-electron chi connectivity index (χ4n) is 2.26. The van der Waals surface area contributed by atoms with Crippen LogP contribution in [0.1, 0.15) is 38.4 Å². The van der Waals surface area contributed by atoms with E-state index in [9.17, 15) is 0 Å². The fourth-order valence-corrected chi connectivity index (χ4v) is 2.26. The minimum atomic E-state index is 0.409. The number of hydrogen-bond acceptors (Lipinski definition) is 3. The molecule has 2 rings (SSSR count). The molecule has 90 valence electrons. The van der Waals surface area contributed by atoms with E-state index in [-0.39, 0.29) is 0 Å². The summed E-state index contributed by atoms with van der Waals surface area (Å²) in [7, 11) is 0. The molecule has 1 aromatic heterocycles. The van der Waals surface area contributed by atoms with Gasteiger partial charge in [-0.1, -0.05) is 0 Å². The van der Waals surface area contributed by atoms with Crippen LogP contribution in [0.15, 0.2) is 12.5 Å². The van der Waals surface area contributed by atoms with Crippen molar-refractivity contribution in [1.82, 2.24) is 14.5 Å². The van der Waals surface area contributed by atoms with Gasteiger partial charge in [0.25, 0.3) is 0 Å². The van der Waals surface area contributed by atoms with Crippen LogP contribution in [0.3, 0.4) is 0 Å². The van der Waals surface area contributed by atoms with Gasteiger partial charge in [0, 0.05) is 37.9 Å². The van der Waals surface area contributed by atoms with E-state index in [0.717, 1.165) is 32.5 Å². The number of imidazole rings is 1.